The van der Waals surface area contributed by atoms with Gasteiger partial charge in [0.1, 0.15) is 5.82 Å². The van der Waals surface area contributed by atoms with Gasteiger partial charge in [0, 0.05) is 17.8 Å². The van der Waals surface area contributed by atoms with Crippen molar-refractivity contribution in [2.75, 3.05) is 6.54 Å². The predicted molar refractivity (Wildman–Crippen MR) is 79.9 cm³/mol. The highest BCUT2D eigenvalue weighted by Crippen LogP contribution is 2.25. The van der Waals surface area contributed by atoms with Crippen LogP contribution in [0.5, 0.6) is 0 Å². The van der Waals surface area contributed by atoms with E-state index in [0.717, 1.165) is 42.9 Å². The lowest BCUT2D eigenvalue weighted by Gasteiger charge is -2.19. The van der Waals surface area contributed by atoms with E-state index in [1.807, 2.05) is 0 Å². The van der Waals surface area contributed by atoms with Crippen molar-refractivity contribution in [3.63, 3.8) is 0 Å². The van der Waals surface area contributed by atoms with E-state index in [9.17, 15) is 4.39 Å². The summed E-state index contributed by atoms with van der Waals surface area (Å²) in [5.74, 6) is 0.397. The fourth-order valence-electron chi connectivity index (χ4n) is 2.49. The van der Waals surface area contributed by atoms with Gasteiger partial charge in [0.05, 0.1) is 10.2 Å². The topological polar surface area (TPSA) is 37.8 Å². The molecule has 2 aromatic rings. The molecule has 1 aliphatic rings. The molecule has 20 heavy (non-hydrogen) atoms. The molecule has 2 heterocycles. The highest BCUT2D eigenvalue weighted by molar-refractivity contribution is 9.10. The van der Waals surface area contributed by atoms with Crippen LogP contribution in [0.1, 0.15) is 23.9 Å². The minimum absolute atomic E-state index is 0.274. The fraction of sp³-hybridized carbons (Fsp3) is 0.333. The largest absolute Gasteiger partial charge is 0.311 e. The Morgan fingerprint density at radius 1 is 1.35 bits per heavy atom. The molecule has 0 unspecified atom stereocenters. The number of nitrogens with zero attached hydrogens (tertiary/aromatic N) is 2. The Balaban J connectivity index is 2.11. The standard InChI is InChI=1S/C15H15BrFN3/c1-2-13-10-5-6-18-8-14(10)20-15(19-13)9-3-4-12(17)11(16)7-9/h3-4,7,18H,2,5-6,8H2,1H3. The van der Waals surface area contributed by atoms with Crippen molar-refractivity contribution in [2.24, 2.45) is 0 Å². The van der Waals surface area contributed by atoms with Gasteiger partial charge in [0.2, 0.25) is 0 Å². The molecule has 5 heteroatoms. The number of halogens is 2. The third-order valence-electron chi connectivity index (χ3n) is 3.54. The Morgan fingerprint density at radius 2 is 2.20 bits per heavy atom. The third kappa shape index (κ3) is 2.47. The number of rotatable bonds is 2. The number of hydrogen-bond donors (Lipinski definition) is 1. The van der Waals surface area contributed by atoms with Crippen LogP contribution in [-0.4, -0.2) is 16.5 Å². The van der Waals surface area contributed by atoms with Crippen LogP contribution in [-0.2, 0) is 19.4 Å². The van der Waals surface area contributed by atoms with Crippen molar-refractivity contribution >= 4 is 15.9 Å². The van der Waals surface area contributed by atoms with E-state index in [2.05, 4.69) is 38.1 Å². The van der Waals surface area contributed by atoms with Gasteiger partial charge in [-0.1, -0.05) is 6.92 Å². The highest BCUT2D eigenvalue weighted by Gasteiger charge is 2.17. The molecular formula is C15H15BrFN3. The molecule has 0 fully saturated rings. The maximum Gasteiger partial charge on any atom is 0.159 e. The Hall–Kier alpha value is -1.33. The van der Waals surface area contributed by atoms with E-state index in [-0.39, 0.29) is 5.82 Å². The average Bonchev–Trinajstić information content (AvgIpc) is 2.49. The van der Waals surface area contributed by atoms with Gasteiger partial charge in [-0.2, -0.15) is 0 Å². The van der Waals surface area contributed by atoms with Crippen molar-refractivity contribution in [2.45, 2.75) is 26.3 Å². The van der Waals surface area contributed by atoms with Crippen LogP contribution in [0.2, 0.25) is 0 Å². The molecule has 1 N–H and O–H groups in total. The van der Waals surface area contributed by atoms with Crippen LogP contribution in [0.15, 0.2) is 22.7 Å². The van der Waals surface area contributed by atoms with Crippen LogP contribution in [0.3, 0.4) is 0 Å². The van der Waals surface area contributed by atoms with Crippen LogP contribution >= 0.6 is 15.9 Å². The molecule has 0 radical (unpaired) electrons. The van der Waals surface area contributed by atoms with Crippen LogP contribution in [0.4, 0.5) is 4.39 Å². The second-order valence-electron chi connectivity index (χ2n) is 4.83. The minimum Gasteiger partial charge on any atom is -0.311 e. The summed E-state index contributed by atoms with van der Waals surface area (Å²) in [6.07, 6.45) is 1.87. The average molecular weight is 336 g/mol. The number of hydrogen-bond acceptors (Lipinski definition) is 3. The lowest BCUT2D eigenvalue weighted by Crippen LogP contribution is -2.26. The summed E-state index contributed by atoms with van der Waals surface area (Å²) in [7, 11) is 0. The number of aromatic nitrogens is 2. The molecule has 1 aromatic heterocycles. The molecular weight excluding hydrogens is 321 g/mol. The zero-order valence-corrected chi connectivity index (χ0v) is 12.8. The Labute approximate surface area is 125 Å². The zero-order chi connectivity index (χ0) is 14.1. The number of fused-ring (bicyclic) bond motifs is 1. The van der Waals surface area contributed by atoms with E-state index in [4.69, 9.17) is 0 Å². The molecule has 104 valence electrons. The van der Waals surface area contributed by atoms with Crippen molar-refractivity contribution < 1.29 is 4.39 Å². The fourth-order valence-corrected chi connectivity index (χ4v) is 2.87. The first kappa shape index (κ1) is 13.6. The number of benzene rings is 1. The van der Waals surface area contributed by atoms with E-state index in [1.54, 1.807) is 12.1 Å². The second-order valence-corrected chi connectivity index (χ2v) is 5.68. The Morgan fingerprint density at radius 3 is 2.95 bits per heavy atom. The van der Waals surface area contributed by atoms with Crippen LogP contribution < -0.4 is 5.32 Å². The van der Waals surface area contributed by atoms with Crippen molar-refractivity contribution in [3.05, 3.63) is 45.4 Å². The van der Waals surface area contributed by atoms with Gasteiger partial charge in [0.25, 0.3) is 0 Å². The van der Waals surface area contributed by atoms with Crippen LogP contribution in [0.25, 0.3) is 11.4 Å². The van der Waals surface area contributed by atoms with Gasteiger partial charge in [-0.25, -0.2) is 14.4 Å². The number of aryl methyl sites for hydroxylation is 1. The van der Waals surface area contributed by atoms with Gasteiger partial charge >= 0.3 is 0 Å². The van der Waals surface area contributed by atoms with Gasteiger partial charge in [-0.15, -0.1) is 0 Å². The molecule has 3 rings (SSSR count). The van der Waals surface area contributed by atoms with E-state index < -0.39 is 0 Å². The summed E-state index contributed by atoms with van der Waals surface area (Å²) >= 11 is 3.21. The van der Waals surface area contributed by atoms with Crippen LogP contribution in [0, 0.1) is 5.82 Å². The minimum atomic E-state index is -0.274. The SMILES string of the molecule is CCc1nc(-c2ccc(F)c(Br)c2)nc2c1CCNC2. The van der Waals surface area contributed by atoms with Crippen molar-refractivity contribution in [1.29, 1.82) is 0 Å². The Bertz CT molecular complexity index is 641. The molecule has 3 nitrogen and oxygen atoms in total. The number of nitrogens with one attached hydrogen (secondary N) is 1. The highest BCUT2D eigenvalue weighted by atomic mass is 79.9. The first-order valence-electron chi connectivity index (χ1n) is 6.74. The smallest absolute Gasteiger partial charge is 0.159 e. The summed E-state index contributed by atoms with van der Waals surface area (Å²) < 4.78 is 13.8. The maximum atomic E-state index is 13.3. The lowest BCUT2D eigenvalue weighted by atomic mass is 10.0. The quantitative estimate of drug-likeness (QED) is 0.915. The molecule has 0 saturated carbocycles. The molecule has 0 bridgehead atoms. The molecule has 1 aromatic carbocycles. The maximum absolute atomic E-state index is 13.3. The first-order chi connectivity index (χ1) is 9.69. The molecule has 0 aliphatic carbocycles. The summed E-state index contributed by atoms with van der Waals surface area (Å²) in [6.45, 7) is 3.86. The second kappa shape index (κ2) is 5.58. The summed E-state index contributed by atoms with van der Waals surface area (Å²) in [5.41, 5.74) is 4.28. The van der Waals surface area contributed by atoms with E-state index >= 15 is 0 Å². The monoisotopic (exact) mass is 335 g/mol. The zero-order valence-electron chi connectivity index (χ0n) is 11.2. The van der Waals surface area contributed by atoms with Gasteiger partial charge in [0.15, 0.2) is 5.82 Å². The molecule has 0 spiro atoms. The molecule has 0 atom stereocenters. The first-order valence-corrected chi connectivity index (χ1v) is 7.53. The molecule has 0 amide bonds. The van der Waals surface area contributed by atoms with Crippen molar-refractivity contribution in [3.8, 4) is 11.4 Å². The lowest BCUT2D eigenvalue weighted by molar-refractivity contribution is 0.616. The van der Waals surface area contributed by atoms with Gasteiger partial charge < -0.3 is 5.32 Å². The predicted octanol–water partition coefficient (Wildman–Crippen LogP) is 3.25. The van der Waals surface area contributed by atoms with Gasteiger partial charge in [-0.3, -0.25) is 0 Å². The molecule has 0 saturated heterocycles. The molecule has 1 aliphatic heterocycles. The summed E-state index contributed by atoms with van der Waals surface area (Å²) in [4.78, 5) is 9.31. The van der Waals surface area contributed by atoms with E-state index in [1.165, 1.54) is 11.6 Å². The van der Waals surface area contributed by atoms with E-state index in [0.29, 0.717) is 10.3 Å². The normalized spacial score (nSPS) is 14.2. The summed E-state index contributed by atoms with van der Waals surface area (Å²) in [5, 5.41) is 3.33. The Kier molecular flexibility index (Phi) is 3.81. The van der Waals surface area contributed by atoms with Crippen molar-refractivity contribution in [1.82, 2.24) is 15.3 Å². The summed E-state index contributed by atoms with van der Waals surface area (Å²) in [6, 6.07) is 4.89. The third-order valence-corrected chi connectivity index (χ3v) is 4.14. The van der Waals surface area contributed by atoms with Gasteiger partial charge in [-0.05, 0) is 59.1 Å².